The third kappa shape index (κ3) is 4.35. The average Bonchev–Trinajstić information content (AvgIpc) is 3.18. The van der Waals surface area contributed by atoms with E-state index in [1.54, 1.807) is 54.7 Å². The molecule has 1 aliphatic heterocycles. The summed E-state index contributed by atoms with van der Waals surface area (Å²) in [5, 5.41) is 4.32. The van der Waals surface area contributed by atoms with Crippen LogP contribution in [0.4, 0.5) is 4.39 Å². The topological polar surface area (TPSA) is 88.4 Å². The summed E-state index contributed by atoms with van der Waals surface area (Å²) in [5.41, 5.74) is 1.36. The molecule has 0 bridgehead atoms. The van der Waals surface area contributed by atoms with Gasteiger partial charge in [0.15, 0.2) is 0 Å². The number of piperazine rings is 1. The fourth-order valence-corrected chi connectivity index (χ4v) is 5.21. The normalized spacial score (nSPS) is 15.2. The summed E-state index contributed by atoms with van der Waals surface area (Å²) < 4.78 is 43.3. The molecule has 0 atom stereocenters. The minimum atomic E-state index is -3.80. The molecule has 1 aromatic carbocycles. The van der Waals surface area contributed by atoms with Gasteiger partial charge in [0, 0.05) is 57.4 Å². The zero-order chi connectivity index (χ0) is 22.0. The number of pyridine rings is 1. The van der Waals surface area contributed by atoms with E-state index in [9.17, 15) is 17.6 Å². The Morgan fingerprint density at radius 1 is 1.06 bits per heavy atom. The average molecular weight is 444 g/mol. The molecule has 3 heterocycles. The molecule has 0 spiro atoms. The van der Waals surface area contributed by atoms with E-state index in [4.69, 9.17) is 0 Å². The number of hydrogen-bond acceptors (Lipinski definition) is 5. The van der Waals surface area contributed by atoms with Gasteiger partial charge in [-0.3, -0.25) is 14.5 Å². The fraction of sp³-hybridized carbons (Fsp3) is 0.286. The number of rotatable bonds is 5. The number of aryl methyl sites for hydroxylation is 1. The molecule has 0 radical (unpaired) electrons. The maximum absolute atomic E-state index is 13.8. The summed E-state index contributed by atoms with van der Waals surface area (Å²) >= 11 is 0. The monoisotopic (exact) mass is 443 g/mol. The van der Waals surface area contributed by atoms with Crippen LogP contribution in [0.5, 0.6) is 0 Å². The van der Waals surface area contributed by atoms with Crippen LogP contribution in [0.25, 0.3) is 11.3 Å². The van der Waals surface area contributed by atoms with Crippen LogP contribution in [0.15, 0.2) is 59.9 Å². The summed E-state index contributed by atoms with van der Waals surface area (Å²) in [4.78, 5) is 18.2. The lowest BCUT2D eigenvalue weighted by Gasteiger charge is -2.34. The molecule has 0 unspecified atom stereocenters. The predicted octanol–water partition coefficient (Wildman–Crippen LogP) is 1.70. The van der Waals surface area contributed by atoms with Crippen molar-refractivity contribution in [3.8, 4) is 11.3 Å². The minimum absolute atomic E-state index is 0.0474. The van der Waals surface area contributed by atoms with Crippen molar-refractivity contribution in [3.63, 3.8) is 0 Å². The zero-order valence-electron chi connectivity index (χ0n) is 17.0. The first-order valence-corrected chi connectivity index (χ1v) is 11.3. The number of carbonyl (C=O) groups excluding carboxylic acids is 1. The molecule has 4 rings (SSSR count). The van der Waals surface area contributed by atoms with Gasteiger partial charge in [-0.1, -0.05) is 18.2 Å². The fourth-order valence-electron chi connectivity index (χ4n) is 3.60. The van der Waals surface area contributed by atoms with Crippen LogP contribution in [0.3, 0.4) is 0 Å². The highest BCUT2D eigenvalue weighted by Gasteiger charge is 2.33. The van der Waals surface area contributed by atoms with E-state index in [0.717, 1.165) is 0 Å². The maximum atomic E-state index is 13.8. The third-order valence-corrected chi connectivity index (χ3v) is 7.16. The van der Waals surface area contributed by atoms with E-state index in [1.807, 2.05) is 0 Å². The van der Waals surface area contributed by atoms with Gasteiger partial charge < -0.3 is 4.90 Å². The first kappa shape index (κ1) is 21.1. The van der Waals surface area contributed by atoms with Gasteiger partial charge in [-0.05, 0) is 23.8 Å². The SMILES string of the molecule is Cn1cc(S(=O)(=O)N2CCN(C(=O)Cc3ccccc3F)CC2)c(-c2ccncc2)n1. The van der Waals surface area contributed by atoms with Gasteiger partial charge in [0.2, 0.25) is 15.9 Å². The van der Waals surface area contributed by atoms with Crippen LogP contribution in [0.1, 0.15) is 5.56 Å². The Morgan fingerprint density at radius 3 is 2.42 bits per heavy atom. The van der Waals surface area contributed by atoms with Crippen molar-refractivity contribution in [2.45, 2.75) is 11.3 Å². The Bertz CT molecular complexity index is 1190. The number of hydrogen-bond donors (Lipinski definition) is 0. The van der Waals surface area contributed by atoms with Crippen LogP contribution in [0.2, 0.25) is 0 Å². The molecule has 0 N–H and O–H groups in total. The number of aromatic nitrogens is 3. The van der Waals surface area contributed by atoms with Crippen LogP contribution in [-0.2, 0) is 28.3 Å². The molecule has 10 heteroatoms. The summed E-state index contributed by atoms with van der Waals surface area (Å²) in [6.07, 6.45) is 4.61. The van der Waals surface area contributed by atoms with Gasteiger partial charge >= 0.3 is 0 Å². The summed E-state index contributed by atoms with van der Waals surface area (Å²) in [7, 11) is -2.13. The molecule has 1 amide bonds. The molecular weight excluding hydrogens is 421 g/mol. The minimum Gasteiger partial charge on any atom is -0.340 e. The smallest absolute Gasteiger partial charge is 0.246 e. The number of amides is 1. The molecule has 31 heavy (non-hydrogen) atoms. The van der Waals surface area contributed by atoms with E-state index in [2.05, 4.69) is 10.1 Å². The molecule has 1 aliphatic rings. The highest BCUT2D eigenvalue weighted by molar-refractivity contribution is 7.89. The molecule has 1 saturated heterocycles. The first-order chi connectivity index (χ1) is 14.9. The molecule has 1 fully saturated rings. The second-order valence-electron chi connectivity index (χ2n) is 7.30. The summed E-state index contributed by atoms with van der Waals surface area (Å²) in [5.74, 6) is -0.640. The summed E-state index contributed by atoms with van der Waals surface area (Å²) in [6.45, 7) is 0.820. The van der Waals surface area contributed by atoms with Gasteiger partial charge in [-0.15, -0.1) is 0 Å². The highest BCUT2D eigenvalue weighted by atomic mass is 32.2. The van der Waals surface area contributed by atoms with Crippen molar-refractivity contribution in [1.82, 2.24) is 24.0 Å². The summed E-state index contributed by atoms with van der Waals surface area (Å²) in [6, 6.07) is 9.58. The Morgan fingerprint density at radius 2 is 1.74 bits per heavy atom. The molecular formula is C21H22FN5O3S. The quantitative estimate of drug-likeness (QED) is 0.599. The lowest BCUT2D eigenvalue weighted by Crippen LogP contribution is -2.50. The Kier molecular flexibility index (Phi) is 5.84. The number of nitrogens with zero attached hydrogens (tertiary/aromatic N) is 5. The molecule has 2 aromatic heterocycles. The van der Waals surface area contributed by atoms with Crippen LogP contribution in [0, 0.1) is 5.82 Å². The van der Waals surface area contributed by atoms with Crippen LogP contribution in [-0.4, -0.2) is 64.5 Å². The lowest BCUT2D eigenvalue weighted by molar-refractivity contribution is -0.131. The Hall–Kier alpha value is -3.11. The maximum Gasteiger partial charge on any atom is 0.246 e. The van der Waals surface area contributed by atoms with Crippen molar-refractivity contribution in [2.75, 3.05) is 26.2 Å². The van der Waals surface area contributed by atoms with Crippen LogP contribution < -0.4 is 0 Å². The van der Waals surface area contributed by atoms with Crippen molar-refractivity contribution in [3.05, 3.63) is 66.4 Å². The Balaban J connectivity index is 1.48. The number of halogens is 1. The van der Waals surface area contributed by atoms with E-state index in [-0.39, 0.29) is 43.4 Å². The number of carbonyl (C=O) groups is 1. The van der Waals surface area contributed by atoms with Gasteiger partial charge in [-0.2, -0.15) is 9.40 Å². The molecule has 3 aromatic rings. The van der Waals surface area contributed by atoms with Crippen molar-refractivity contribution in [2.24, 2.45) is 7.05 Å². The predicted molar refractivity (Wildman–Crippen MR) is 112 cm³/mol. The zero-order valence-corrected chi connectivity index (χ0v) is 17.8. The van der Waals surface area contributed by atoms with Crippen molar-refractivity contribution in [1.29, 1.82) is 0 Å². The Labute approximate surface area is 180 Å². The largest absolute Gasteiger partial charge is 0.340 e. The third-order valence-electron chi connectivity index (χ3n) is 5.26. The van der Waals surface area contributed by atoms with E-state index >= 15 is 0 Å². The van der Waals surface area contributed by atoms with Crippen LogP contribution >= 0.6 is 0 Å². The molecule has 0 saturated carbocycles. The van der Waals surface area contributed by atoms with E-state index in [1.165, 1.54) is 21.3 Å². The van der Waals surface area contributed by atoms with Crippen molar-refractivity contribution >= 4 is 15.9 Å². The van der Waals surface area contributed by atoms with E-state index < -0.39 is 15.8 Å². The standard InChI is InChI=1S/C21H22FN5O3S/c1-25-15-19(21(24-25)16-6-8-23-9-7-16)31(29,30)27-12-10-26(11-13-27)20(28)14-17-4-2-3-5-18(17)22/h2-9,15H,10-14H2,1H3. The van der Waals surface area contributed by atoms with Gasteiger partial charge in [0.25, 0.3) is 0 Å². The number of sulfonamides is 1. The van der Waals surface area contributed by atoms with Gasteiger partial charge in [0.05, 0.1) is 6.42 Å². The van der Waals surface area contributed by atoms with E-state index in [0.29, 0.717) is 16.8 Å². The highest BCUT2D eigenvalue weighted by Crippen LogP contribution is 2.28. The lowest BCUT2D eigenvalue weighted by atomic mass is 10.1. The first-order valence-electron chi connectivity index (χ1n) is 9.81. The van der Waals surface area contributed by atoms with Gasteiger partial charge in [-0.25, -0.2) is 12.8 Å². The second-order valence-corrected chi connectivity index (χ2v) is 9.21. The van der Waals surface area contributed by atoms with Crippen molar-refractivity contribution < 1.29 is 17.6 Å². The molecule has 0 aliphatic carbocycles. The molecule has 162 valence electrons. The van der Waals surface area contributed by atoms with Gasteiger partial charge in [0.1, 0.15) is 16.4 Å². The number of benzene rings is 1. The second kappa shape index (κ2) is 8.56. The molecule has 8 nitrogen and oxygen atoms in total.